The number of ketones is 1. The number of phenols is 1. The van der Waals surface area contributed by atoms with E-state index in [2.05, 4.69) is 5.32 Å². The van der Waals surface area contributed by atoms with Gasteiger partial charge in [0.2, 0.25) is 5.91 Å². The van der Waals surface area contributed by atoms with Crippen molar-refractivity contribution in [3.8, 4) is 5.75 Å². The number of Topliss-reactive ketones (excluding diaryl/α,β-unsaturated/α-hetero) is 1. The van der Waals surface area contributed by atoms with Crippen molar-refractivity contribution >= 4 is 29.2 Å². The van der Waals surface area contributed by atoms with E-state index in [1.165, 1.54) is 12.1 Å². The maximum atomic E-state index is 13.7. The number of fused-ring (bicyclic) bond motifs is 2. The van der Waals surface area contributed by atoms with Crippen LogP contribution in [0.25, 0.3) is 0 Å². The van der Waals surface area contributed by atoms with E-state index in [0.717, 1.165) is 5.69 Å². The molecule has 0 aliphatic carbocycles. The number of hydrogen-bond donors (Lipinski definition) is 2. The molecule has 2 aliphatic rings. The highest BCUT2D eigenvalue weighted by Gasteiger charge is 2.46. The minimum atomic E-state index is -0.753. The predicted molar refractivity (Wildman–Crippen MR) is 144 cm³/mol. The minimum Gasteiger partial charge on any atom is -0.508 e. The Balaban J connectivity index is 1.46. The second-order valence-electron chi connectivity index (χ2n) is 10.8. The summed E-state index contributed by atoms with van der Waals surface area (Å²) in [6.45, 7) is 4.24. The lowest BCUT2D eigenvalue weighted by Crippen LogP contribution is -2.65. The molecule has 1 unspecified atom stereocenters. The number of rotatable bonds is 7. The average Bonchev–Trinajstić information content (AvgIpc) is 2.90. The van der Waals surface area contributed by atoms with E-state index in [4.69, 9.17) is 0 Å². The number of likely N-dealkylation sites (tertiary alicyclic amines) is 2. The SMILES string of the molecule is CC(C)C[C@H](NC(=O)c1ccc(N(C)C)cc1)C(=O)N1CC[C@@H]2CC1C(=O)CN2C(=O)c1ccc(O)cc1. The number of amides is 3. The Morgan fingerprint density at radius 3 is 2.24 bits per heavy atom. The van der Waals surface area contributed by atoms with Crippen molar-refractivity contribution in [1.29, 1.82) is 0 Å². The van der Waals surface area contributed by atoms with Crippen molar-refractivity contribution in [2.45, 2.75) is 51.2 Å². The van der Waals surface area contributed by atoms with E-state index >= 15 is 0 Å². The molecule has 0 saturated carbocycles. The fraction of sp³-hybridized carbons (Fsp3) is 0.448. The van der Waals surface area contributed by atoms with Crippen LogP contribution in [0.2, 0.25) is 0 Å². The Hall–Kier alpha value is -3.88. The highest BCUT2D eigenvalue weighted by molar-refractivity contribution is 6.01. The third kappa shape index (κ3) is 5.82. The van der Waals surface area contributed by atoms with Crippen LogP contribution in [0.1, 0.15) is 53.8 Å². The molecule has 2 fully saturated rings. The summed E-state index contributed by atoms with van der Waals surface area (Å²) in [5.74, 6) is -0.811. The summed E-state index contributed by atoms with van der Waals surface area (Å²) in [6, 6.07) is 11.6. The van der Waals surface area contributed by atoms with Gasteiger partial charge in [0, 0.05) is 43.5 Å². The molecule has 4 rings (SSSR count). The van der Waals surface area contributed by atoms with E-state index in [9.17, 15) is 24.3 Å². The third-order valence-corrected chi connectivity index (χ3v) is 7.33. The molecule has 2 aromatic rings. The molecule has 2 heterocycles. The lowest BCUT2D eigenvalue weighted by molar-refractivity contribution is -0.147. The van der Waals surface area contributed by atoms with E-state index in [0.29, 0.717) is 36.9 Å². The second kappa shape index (κ2) is 11.2. The smallest absolute Gasteiger partial charge is 0.254 e. The number of nitrogens with one attached hydrogen (secondary N) is 1. The summed E-state index contributed by atoms with van der Waals surface area (Å²) in [5.41, 5.74) is 1.84. The highest BCUT2D eigenvalue weighted by atomic mass is 16.3. The van der Waals surface area contributed by atoms with Crippen LogP contribution in [0.4, 0.5) is 5.69 Å². The van der Waals surface area contributed by atoms with Crippen molar-refractivity contribution in [3.05, 3.63) is 59.7 Å². The molecule has 38 heavy (non-hydrogen) atoms. The zero-order valence-electron chi connectivity index (χ0n) is 22.4. The molecule has 2 saturated heterocycles. The summed E-state index contributed by atoms with van der Waals surface area (Å²) in [4.78, 5) is 58.1. The Labute approximate surface area is 223 Å². The number of carbonyl (C=O) groups is 4. The van der Waals surface area contributed by atoms with Gasteiger partial charge in [0.15, 0.2) is 5.78 Å². The zero-order chi connectivity index (χ0) is 27.6. The van der Waals surface area contributed by atoms with Gasteiger partial charge in [-0.2, -0.15) is 0 Å². The Morgan fingerprint density at radius 2 is 1.63 bits per heavy atom. The predicted octanol–water partition coefficient (Wildman–Crippen LogP) is 2.69. The molecule has 3 atom stereocenters. The van der Waals surface area contributed by atoms with Crippen LogP contribution < -0.4 is 10.2 Å². The second-order valence-corrected chi connectivity index (χ2v) is 10.8. The first-order valence-electron chi connectivity index (χ1n) is 13.1. The van der Waals surface area contributed by atoms with Gasteiger partial charge in [0.05, 0.1) is 12.6 Å². The first kappa shape index (κ1) is 27.2. The highest BCUT2D eigenvalue weighted by Crippen LogP contribution is 2.30. The lowest BCUT2D eigenvalue weighted by atomic mass is 9.87. The van der Waals surface area contributed by atoms with E-state index < -0.39 is 12.1 Å². The molecule has 0 spiro atoms. The number of benzene rings is 2. The molecule has 0 aromatic heterocycles. The van der Waals surface area contributed by atoms with Crippen molar-refractivity contribution in [3.63, 3.8) is 0 Å². The molecule has 3 amide bonds. The van der Waals surface area contributed by atoms with Crippen LogP contribution in [0.3, 0.4) is 0 Å². The summed E-state index contributed by atoms with van der Waals surface area (Å²) < 4.78 is 0. The topological polar surface area (TPSA) is 110 Å². The van der Waals surface area contributed by atoms with Crippen LogP contribution in [-0.4, -0.2) is 83.7 Å². The summed E-state index contributed by atoms with van der Waals surface area (Å²) in [7, 11) is 3.84. The zero-order valence-corrected chi connectivity index (χ0v) is 22.4. The molecule has 2 bridgehead atoms. The van der Waals surface area contributed by atoms with Crippen LogP contribution in [0, 0.1) is 5.92 Å². The fourth-order valence-corrected chi connectivity index (χ4v) is 5.25. The van der Waals surface area contributed by atoms with Gasteiger partial charge in [-0.15, -0.1) is 0 Å². The van der Waals surface area contributed by atoms with Crippen LogP contribution in [0.5, 0.6) is 5.75 Å². The Bertz CT molecular complexity index is 1190. The van der Waals surface area contributed by atoms with E-state index in [1.54, 1.807) is 34.1 Å². The minimum absolute atomic E-state index is 0.0665. The van der Waals surface area contributed by atoms with Gasteiger partial charge in [-0.3, -0.25) is 19.2 Å². The number of phenolic OH excluding ortho intramolecular Hbond substituents is 1. The molecule has 202 valence electrons. The third-order valence-electron chi connectivity index (χ3n) is 7.33. The van der Waals surface area contributed by atoms with Gasteiger partial charge in [-0.05, 0) is 73.7 Å². The largest absolute Gasteiger partial charge is 0.508 e. The van der Waals surface area contributed by atoms with Crippen LogP contribution in [-0.2, 0) is 9.59 Å². The molecule has 9 nitrogen and oxygen atoms in total. The number of hydrogen-bond acceptors (Lipinski definition) is 6. The fourth-order valence-electron chi connectivity index (χ4n) is 5.25. The Kier molecular flexibility index (Phi) is 8.04. The average molecular weight is 521 g/mol. The molecule has 9 heteroatoms. The van der Waals surface area contributed by atoms with Crippen molar-refractivity contribution < 1.29 is 24.3 Å². The van der Waals surface area contributed by atoms with E-state index in [1.807, 2.05) is 45.0 Å². The maximum Gasteiger partial charge on any atom is 0.254 e. The van der Waals surface area contributed by atoms with Crippen molar-refractivity contribution in [2.75, 3.05) is 32.1 Å². The number of aromatic hydroxyl groups is 1. The molecule has 2 N–H and O–H groups in total. The standard InChI is InChI=1S/C29H36N4O5/c1-18(2)15-24(30-27(36)19-5-9-21(10-6-19)31(3)4)29(38)32-14-13-22-16-25(32)26(35)17-33(22)28(37)20-7-11-23(34)12-8-20/h5-12,18,22,24-25,34H,13-17H2,1-4H3,(H,30,36)/t22-,24+,25?/m1/s1. The van der Waals surface area contributed by atoms with Gasteiger partial charge in [-0.25, -0.2) is 0 Å². The van der Waals surface area contributed by atoms with Gasteiger partial charge in [0.25, 0.3) is 11.8 Å². The van der Waals surface area contributed by atoms with Crippen molar-refractivity contribution in [1.82, 2.24) is 15.1 Å². The summed E-state index contributed by atoms with van der Waals surface area (Å²) in [6.07, 6.45) is 1.38. The molecule has 2 aliphatic heterocycles. The van der Waals surface area contributed by atoms with Gasteiger partial charge in [0.1, 0.15) is 11.8 Å². The number of nitrogens with zero attached hydrogens (tertiary/aromatic N) is 3. The summed E-state index contributed by atoms with van der Waals surface area (Å²) in [5, 5.41) is 12.4. The first-order chi connectivity index (χ1) is 18.0. The van der Waals surface area contributed by atoms with E-state index in [-0.39, 0.29) is 47.8 Å². The summed E-state index contributed by atoms with van der Waals surface area (Å²) >= 11 is 0. The Morgan fingerprint density at radius 1 is 1.00 bits per heavy atom. The van der Waals surface area contributed by atoms with Gasteiger partial charge < -0.3 is 25.1 Å². The number of piperidine rings is 2. The van der Waals surface area contributed by atoms with Gasteiger partial charge >= 0.3 is 0 Å². The van der Waals surface area contributed by atoms with Crippen LogP contribution in [0.15, 0.2) is 48.5 Å². The maximum absolute atomic E-state index is 13.7. The lowest BCUT2D eigenvalue weighted by Gasteiger charge is -2.48. The molecular weight excluding hydrogens is 484 g/mol. The number of anilines is 1. The van der Waals surface area contributed by atoms with Crippen molar-refractivity contribution in [2.24, 2.45) is 5.92 Å². The monoisotopic (exact) mass is 520 g/mol. The quantitative estimate of drug-likeness (QED) is 0.581. The normalized spacial score (nSPS) is 19.8. The molecule has 0 radical (unpaired) electrons. The first-order valence-corrected chi connectivity index (χ1v) is 13.1. The van der Waals surface area contributed by atoms with Crippen LogP contribution >= 0.6 is 0 Å². The van der Waals surface area contributed by atoms with Gasteiger partial charge in [-0.1, -0.05) is 13.8 Å². The molecule has 2 aromatic carbocycles. The number of carbonyl (C=O) groups excluding carboxylic acids is 4. The molecular formula is C29H36N4O5.